The lowest BCUT2D eigenvalue weighted by Crippen LogP contribution is -2.02. The molecule has 0 saturated carbocycles. The van der Waals surface area contributed by atoms with Gasteiger partial charge in [0.1, 0.15) is 11.3 Å². The summed E-state index contributed by atoms with van der Waals surface area (Å²) in [6.07, 6.45) is 5.13. The van der Waals surface area contributed by atoms with E-state index in [0.29, 0.717) is 26.8 Å². The Kier molecular flexibility index (Phi) is 4.66. The van der Waals surface area contributed by atoms with Crippen LogP contribution < -0.4 is 4.74 Å². The van der Waals surface area contributed by atoms with Crippen LogP contribution in [0.5, 0.6) is 5.75 Å². The summed E-state index contributed by atoms with van der Waals surface area (Å²) in [7, 11) is 1.43. The standard InChI is InChI=1S/C20H13Cl2N3O3/c1-28-17-5-2-11(8-13(17)20(26)27)15-9-16(25-7-6-23-10-25)12-3-4-14(21)18(22)19(12)24-15/h2-10H,1H3,(H,26,27). The van der Waals surface area contributed by atoms with Crippen LogP contribution in [0.3, 0.4) is 0 Å². The Labute approximate surface area is 169 Å². The predicted molar refractivity (Wildman–Crippen MR) is 108 cm³/mol. The van der Waals surface area contributed by atoms with Crippen LogP contribution in [0.2, 0.25) is 10.0 Å². The number of pyridine rings is 1. The molecule has 0 bridgehead atoms. The fraction of sp³-hybridized carbons (Fsp3) is 0.0500. The van der Waals surface area contributed by atoms with Gasteiger partial charge in [0.25, 0.3) is 0 Å². The number of nitrogens with zero attached hydrogens (tertiary/aromatic N) is 3. The number of imidazole rings is 1. The molecule has 2 heterocycles. The van der Waals surface area contributed by atoms with E-state index in [2.05, 4.69) is 9.97 Å². The van der Waals surface area contributed by atoms with Gasteiger partial charge < -0.3 is 14.4 Å². The SMILES string of the molecule is COc1ccc(-c2cc(-n3ccnc3)c3ccc(Cl)c(Cl)c3n2)cc1C(=O)O. The van der Waals surface area contributed by atoms with Crippen LogP contribution in [-0.2, 0) is 0 Å². The number of rotatable bonds is 4. The molecule has 0 saturated heterocycles. The number of hydrogen-bond donors (Lipinski definition) is 1. The maximum Gasteiger partial charge on any atom is 0.339 e. The van der Waals surface area contributed by atoms with E-state index in [9.17, 15) is 9.90 Å². The Hall–Kier alpha value is -3.09. The van der Waals surface area contributed by atoms with Crippen LogP contribution in [0, 0.1) is 0 Å². The summed E-state index contributed by atoms with van der Waals surface area (Å²) >= 11 is 12.6. The quantitative estimate of drug-likeness (QED) is 0.503. The number of benzene rings is 2. The highest BCUT2D eigenvalue weighted by Gasteiger charge is 2.16. The van der Waals surface area contributed by atoms with Crippen molar-refractivity contribution in [3.05, 3.63) is 70.7 Å². The summed E-state index contributed by atoms with van der Waals surface area (Å²) in [6, 6.07) is 10.3. The first-order valence-electron chi connectivity index (χ1n) is 8.18. The number of methoxy groups -OCH3 is 1. The molecule has 0 aliphatic rings. The summed E-state index contributed by atoms with van der Waals surface area (Å²) in [6.45, 7) is 0. The van der Waals surface area contributed by atoms with Gasteiger partial charge in [-0.3, -0.25) is 0 Å². The molecule has 0 atom stereocenters. The molecule has 8 heteroatoms. The minimum Gasteiger partial charge on any atom is -0.496 e. The highest BCUT2D eigenvalue weighted by molar-refractivity contribution is 6.45. The first kappa shape index (κ1) is 18.3. The summed E-state index contributed by atoms with van der Waals surface area (Å²) in [5, 5.41) is 11.0. The lowest BCUT2D eigenvalue weighted by atomic mass is 10.0. The zero-order chi connectivity index (χ0) is 19.8. The highest BCUT2D eigenvalue weighted by atomic mass is 35.5. The molecule has 0 amide bonds. The number of halogens is 2. The Morgan fingerprint density at radius 1 is 1.18 bits per heavy atom. The van der Waals surface area contributed by atoms with Crippen molar-refractivity contribution in [3.63, 3.8) is 0 Å². The van der Waals surface area contributed by atoms with E-state index in [1.807, 2.05) is 16.7 Å². The molecular formula is C20H13Cl2N3O3. The number of fused-ring (bicyclic) bond motifs is 1. The Morgan fingerprint density at radius 2 is 2.00 bits per heavy atom. The fourth-order valence-electron chi connectivity index (χ4n) is 3.01. The third kappa shape index (κ3) is 3.06. The maximum absolute atomic E-state index is 11.6. The lowest BCUT2D eigenvalue weighted by Gasteiger charge is -2.13. The van der Waals surface area contributed by atoms with Crippen molar-refractivity contribution in [2.45, 2.75) is 0 Å². The molecule has 2 aromatic heterocycles. The van der Waals surface area contributed by atoms with Crippen molar-refractivity contribution in [1.29, 1.82) is 0 Å². The van der Waals surface area contributed by atoms with Crippen molar-refractivity contribution in [2.24, 2.45) is 0 Å². The second-order valence-corrected chi connectivity index (χ2v) is 6.76. The first-order valence-corrected chi connectivity index (χ1v) is 8.94. The molecule has 0 radical (unpaired) electrons. The molecule has 1 N–H and O–H groups in total. The summed E-state index contributed by atoms with van der Waals surface area (Å²) in [4.78, 5) is 20.3. The van der Waals surface area contributed by atoms with Gasteiger partial charge in [0.15, 0.2) is 0 Å². The average molecular weight is 414 g/mol. The molecular weight excluding hydrogens is 401 g/mol. The summed E-state index contributed by atoms with van der Waals surface area (Å²) in [5.41, 5.74) is 2.51. The number of hydrogen-bond acceptors (Lipinski definition) is 4. The zero-order valence-electron chi connectivity index (χ0n) is 14.6. The van der Waals surface area contributed by atoms with Crippen molar-refractivity contribution < 1.29 is 14.6 Å². The van der Waals surface area contributed by atoms with Crippen molar-refractivity contribution in [3.8, 4) is 22.7 Å². The van der Waals surface area contributed by atoms with E-state index in [0.717, 1.165) is 11.1 Å². The maximum atomic E-state index is 11.6. The normalized spacial score (nSPS) is 11.0. The average Bonchev–Trinajstić information content (AvgIpc) is 3.24. The monoisotopic (exact) mass is 413 g/mol. The molecule has 4 aromatic rings. The Morgan fingerprint density at radius 3 is 2.68 bits per heavy atom. The molecule has 140 valence electrons. The van der Waals surface area contributed by atoms with E-state index in [4.69, 9.17) is 27.9 Å². The molecule has 28 heavy (non-hydrogen) atoms. The molecule has 0 aliphatic carbocycles. The van der Waals surface area contributed by atoms with E-state index >= 15 is 0 Å². The fourth-order valence-corrected chi connectivity index (χ4v) is 3.37. The van der Waals surface area contributed by atoms with Gasteiger partial charge in [0.05, 0.1) is 40.4 Å². The van der Waals surface area contributed by atoms with E-state index < -0.39 is 5.97 Å². The van der Waals surface area contributed by atoms with E-state index in [1.54, 1.807) is 36.9 Å². The zero-order valence-corrected chi connectivity index (χ0v) is 16.1. The van der Waals surface area contributed by atoms with Crippen LogP contribution in [-0.4, -0.2) is 32.7 Å². The minimum absolute atomic E-state index is 0.0447. The molecule has 0 unspecified atom stereocenters. The number of ether oxygens (including phenoxy) is 1. The molecule has 2 aromatic carbocycles. The first-order chi connectivity index (χ1) is 13.5. The van der Waals surface area contributed by atoms with Gasteiger partial charge in [-0.15, -0.1) is 0 Å². The van der Waals surface area contributed by atoms with Crippen molar-refractivity contribution in [2.75, 3.05) is 7.11 Å². The number of aromatic nitrogens is 3. The summed E-state index contributed by atoms with van der Waals surface area (Å²) < 4.78 is 6.97. The third-order valence-electron chi connectivity index (χ3n) is 4.36. The van der Waals surface area contributed by atoms with Crippen molar-refractivity contribution >= 4 is 40.1 Å². The van der Waals surface area contributed by atoms with Crippen molar-refractivity contribution in [1.82, 2.24) is 14.5 Å². The summed E-state index contributed by atoms with van der Waals surface area (Å²) in [5.74, 6) is -0.816. The van der Waals surface area contributed by atoms with Crippen LogP contribution in [0.4, 0.5) is 0 Å². The highest BCUT2D eigenvalue weighted by Crippen LogP contribution is 2.35. The van der Waals surface area contributed by atoms with Crippen LogP contribution in [0.15, 0.2) is 55.1 Å². The van der Waals surface area contributed by atoms with Gasteiger partial charge in [0, 0.05) is 23.3 Å². The van der Waals surface area contributed by atoms with Gasteiger partial charge in [0.2, 0.25) is 0 Å². The van der Waals surface area contributed by atoms with Crippen LogP contribution in [0.1, 0.15) is 10.4 Å². The number of carbonyl (C=O) groups is 1. The Balaban J connectivity index is 2.02. The van der Waals surface area contributed by atoms with E-state index in [-0.39, 0.29) is 11.3 Å². The Bertz CT molecular complexity index is 1210. The van der Waals surface area contributed by atoms with Gasteiger partial charge >= 0.3 is 5.97 Å². The molecule has 0 aliphatic heterocycles. The second-order valence-electron chi connectivity index (χ2n) is 5.97. The molecule has 4 rings (SSSR count). The van der Waals surface area contributed by atoms with E-state index in [1.165, 1.54) is 13.2 Å². The molecule has 0 spiro atoms. The number of aromatic carboxylic acids is 1. The molecule has 0 fully saturated rings. The molecule has 6 nitrogen and oxygen atoms in total. The van der Waals surface area contributed by atoms with Gasteiger partial charge in [-0.1, -0.05) is 23.2 Å². The number of carboxylic acid groups (broad SMARTS) is 1. The smallest absolute Gasteiger partial charge is 0.339 e. The van der Waals surface area contributed by atoms with Crippen LogP contribution in [0.25, 0.3) is 27.8 Å². The van der Waals surface area contributed by atoms with Gasteiger partial charge in [-0.05, 0) is 36.4 Å². The second kappa shape index (κ2) is 7.14. The topological polar surface area (TPSA) is 77.2 Å². The number of carboxylic acids is 1. The van der Waals surface area contributed by atoms with Crippen LogP contribution >= 0.6 is 23.2 Å². The lowest BCUT2D eigenvalue weighted by molar-refractivity contribution is 0.0693. The largest absolute Gasteiger partial charge is 0.496 e. The van der Waals surface area contributed by atoms with Gasteiger partial charge in [-0.25, -0.2) is 14.8 Å². The third-order valence-corrected chi connectivity index (χ3v) is 5.15. The van der Waals surface area contributed by atoms with Gasteiger partial charge in [-0.2, -0.15) is 0 Å². The minimum atomic E-state index is -1.09. The predicted octanol–water partition coefficient (Wildman–Crippen LogP) is 5.10.